The van der Waals surface area contributed by atoms with Crippen LogP contribution >= 0.6 is 0 Å². The van der Waals surface area contributed by atoms with Crippen LogP contribution in [0.25, 0.3) is 22.3 Å². The maximum absolute atomic E-state index is 2.44. The molecule has 0 bridgehead atoms. The molecule has 6 rings (SSSR count). The van der Waals surface area contributed by atoms with Crippen LogP contribution in [-0.4, -0.2) is 0 Å². The van der Waals surface area contributed by atoms with E-state index in [1.54, 1.807) is 0 Å². The van der Waals surface area contributed by atoms with Gasteiger partial charge in [-0.15, -0.1) is 0 Å². The van der Waals surface area contributed by atoms with Crippen molar-refractivity contribution in [2.24, 2.45) is 5.92 Å². The minimum atomic E-state index is 0.446. The predicted molar refractivity (Wildman–Crippen MR) is 153 cm³/mol. The average Bonchev–Trinajstić information content (AvgIpc) is 3.20. The smallest absolute Gasteiger partial charge is 0.0205 e. The van der Waals surface area contributed by atoms with Crippen LogP contribution < -0.4 is 0 Å². The van der Waals surface area contributed by atoms with E-state index in [4.69, 9.17) is 0 Å². The van der Waals surface area contributed by atoms with E-state index < -0.39 is 0 Å². The van der Waals surface area contributed by atoms with Crippen LogP contribution in [0.4, 0.5) is 0 Å². The van der Waals surface area contributed by atoms with Crippen molar-refractivity contribution in [2.45, 2.75) is 53.4 Å². The normalized spacial score (nSPS) is 19.1. The van der Waals surface area contributed by atoms with Gasteiger partial charge in [-0.3, -0.25) is 0 Å². The lowest BCUT2D eigenvalue weighted by molar-refractivity contribution is 0.725. The maximum atomic E-state index is 2.44. The summed E-state index contributed by atoms with van der Waals surface area (Å²) in [5.74, 6) is 0.905. The molecule has 3 aromatic carbocycles. The summed E-state index contributed by atoms with van der Waals surface area (Å²) in [7, 11) is 0. The molecule has 0 aromatic heterocycles. The van der Waals surface area contributed by atoms with Crippen LogP contribution in [0.1, 0.15) is 66.5 Å². The summed E-state index contributed by atoms with van der Waals surface area (Å²) in [5.41, 5.74) is 15.4. The van der Waals surface area contributed by atoms with Crippen LogP contribution in [0.3, 0.4) is 0 Å². The Bertz CT molecular complexity index is 1390. The highest BCUT2D eigenvalue weighted by atomic mass is 14.4. The first-order valence-electron chi connectivity index (χ1n) is 13.2. The third kappa shape index (κ3) is 4.06. The first-order valence-corrected chi connectivity index (χ1v) is 13.2. The summed E-state index contributed by atoms with van der Waals surface area (Å²) in [5, 5.41) is 0. The Balaban J connectivity index is 0.000000806. The Morgan fingerprint density at radius 1 is 0.771 bits per heavy atom. The summed E-state index contributed by atoms with van der Waals surface area (Å²) in [6.07, 6.45) is 14.0. The van der Waals surface area contributed by atoms with Crippen molar-refractivity contribution in [3.8, 4) is 11.1 Å². The first-order chi connectivity index (χ1) is 17.1. The fourth-order valence-corrected chi connectivity index (χ4v) is 5.97. The van der Waals surface area contributed by atoms with Gasteiger partial charge in [-0.1, -0.05) is 124 Å². The Hall–Kier alpha value is -3.38. The van der Waals surface area contributed by atoms with Gasteiger partial charge in [0.1, 0.15) is 0 Å². The molecule has 3 aromatic rings. The molecule has 176 valence electrons. The number of rotatable bonds is 3. The topological polar surface area (TPSA) is 0 Å². The average molecular weight is 457 g/mol. The molecule has 35 heavy (non-hydrogen) atoms. The molecule has 0 N–H and O–H groups in total. The molecule has 0 spiro atoms. The summed E-state index contributed by atoms with van der Waals surface area (Å²) < 4.78 is 0. The van der Waals surface area contributed by atoms with Crippen molar-refractivity contribution in [3.05, 3.63) is 130 Å². The quantitative estimate of drug-likeness (QED) is 0.368. The van der Waals surface area contributed by atoms with E-state index in [2.05, 4.69) is 126 Å². The van der Waals surface area contributed by atoms with Gasteiger partial charge in [0.25, 0.3) is 0 Å². The van der Waals surface area contributed by atoms with E-state index >= 15 is 0 Å². The lowest BCUT2D eigenvalue weighted by atomic mass is 9.74. The highest BCUT2D eigenvalue weighted by Gasteiger charge is 2.40. The third-order valence-electron chi connectivity index (χ3n) is 7.46. The molecule has 0 saturated heterocycles. The molecule has 3 aliphatic rings. The lowest BCUT2D eigenvalue weighted by Crippen LogP contribution is -2.14. The Kier molecular flexibility index (Phi) is 6.48. The molecular weight excluding hydrogens is 420 g/mol. The molecule has 2 unspecified atom stereocenters. The number of hydrogen-bond donors (Lipinski definition) is 0. The zero-order chi connectivity index (χ0) is 24.5. The van der Waals surface area contributed by atoms with E-state index in [0.717, 1.165) is 6.42 Å². The van der Waals surface area contributed by atoms with E-state index in [9.17, 15) is 0 Å². The molecule has 0 fully saturated rings. The fourth-order valence-electron chi connectivity index (χ4n) is 5.97. The van der Waals surface area contributed by atoms with Gasteiger partial charge in [-0.05, 0) is 75.9 Å². The maximum Gasteiger partial charge on any atom is 0.0205 e. The zero-order valence-corrected chi connectivity index (χ0v) is 21.7. The molecule has 0 aliphatic heterocycles. The number of allylic oxidation sites excluding steroid dienone is 8. The van der Waals surface area contributed by atoms with Gasteiger partial charge in [0.05, 0.1) is 0 Å². The third-order valence-corrected chi connectivity index (χ3v) is 7.46. The van der Waals surface area contributed by atoms with Crippen molar-refractivity contribution in [1.29, 1.82) is 0 Å². The fraction of sp³-hybridized carbons (Fsp3) is 0.257. The highest BCUT2D eigenvalue weighted by Crippen LogP contribution is 2.55. The van der Waals surface area contributed by atoms with Crippen LogP contribution in [0, 0.1) is 19.8 Å². The van der Waals surface area contributed by atoms with Gasteiger partial charge in [0.15, 0.2) is 0 Å². The molecule has 0 nitrogen and oxygen atoms in total. The highest BCUT2D eigenvalue weighted by molar-refractivity contribution is 5.91. The van der Waals surface area contributed by atoms with Gasteiger partial charge in [0, 0.05) is 11.8 Å². The van der Waals surface area contributed by atoms with E-state index in [1.165, 1.54) is 67.6 Å². The van der Waals surface area contributed by atoms with Crippen LogP contribution in [0.15, 0.2) is 96.6 Å². The predicted octanol–water partition coefficient (Wildman–Crippen LogP) is 9.64. The minimum Gasteiger partial charge on any atom is -0.0754 e. The van der Waals surface area contributed by atoms with Crippen molar-refractivity contribution >= 4 is 11.1 Å². The molecular formula is C35H36. The van der Waals surface area contributed by atoms with Crippen LogP contribution in [0.2, 0.25) is 0 Å². The van der Waals surface area contributed by atoms with Gasteiger partial charge >= 0.3 is 0 Å². The molecule has 0 heteroatoms. The largest absolute Gasteiger partial charge is 0.0754 e. The second kappa shape index (κ2) is 9.70. The van der Waals surface area contributed by atoms with E-state index in [0.29, 0.717) is 11.8 Å². The second-order valence-corrected chi connectivity index (χ2v) is 10.1. The molecule has 0 heterocycles. The van der Waals surface area contributed by atoms with Crippen molar-refractivity contribution < 1.29 is 0 Å². The first kappa shape index (κ1) is 23.4. The summed E-state index contributed by atoms with van der Waals surface area (Å²) in [4.78, 5) is 0. The number of hydrogen-bond acceptors (Lipinski definition) is 0. The van der Waals surface area contributed by atoms with E-state index in [-0.39, 0.29) is 0 Å². The Morgan fingerprint density at radius 3 is 2.31 bits per heavy atom. The standard InChI is InChI=1S/C32H28.C3H8/c1-4-22-19-23(13-15-25(22)24-14-12-20(2)18-21(24)3)26-16-17-31-28-9-6-5-8-27(28)30-11-7-10-29(26)32(30)31;1-3-2/h5-19,31-32H,4H2,1-3H3;3H2,1-2H3. The SMILES string of the molecule is CCC.CCc1cc(C2=C3C=CC=C4c5ccccc5C(C=C2)C43)ccc1-c1ccc(C)cc1C. The summed E-state index contributed by atoms with van der Waals surface area (Å²) in [6.45, 7) is 10.9. The molecule has 0 amide bonds. The van der Waals surface area contributed by atoms with Gasteiger partial charge in [-0.2, -0.15) is 0 Å². The van der Waals surface area contributed by atoms with Gasteiger partial charge in [-0.25, -0.2) is 0 Å². The number of benzene rings is 3. The molecule has 2 atom stereocenters. The zero-order valence-electron chi connectivity index (χ0n) is 21.7. The van der Waals surface area contributed by atoms with Crippen LogP contribution in [0.5, 0.6) is 0 Å². The molecule has 0 radical (unpaired) electrons. The van der Waals surface area contributed by atoms with Crippen molar-refractivity contribution in [3.63, 3.8) is 0 Å². The monoisotopic (exact) mass is 456 g/mol. The summed E-state index contributed by atoms with van der Waals surface area (Å²) >= 11 is 0. The molecule has 3 aliphatic carbocycles. The van der Waals surface area contributed by atoms with E-state index in [1.807, 2.05) is 0 Å². The second-order valence-electron chi connectivity index (χ2n) is 10.1. The summed E-state index contributed by atoms with van der Waals surface area (Å²) in [6, 6.07) is 22.8. The number of fused-ring (bicyclic) bond motifs is 3. The minimum absolute atomic E-state index is 0.446. The Morgan fingerprint density at radius 2 is 1.54 bits per heavy atom. The van der Waals surface area contributed by atoms with Crippen LogP contribution in [-0.2, 0) is 6.42 Å². The molecule has 0 saturated carbocycles. The Labute approximate surface area is 211 Å². The van der Waals surface area contributed by atoms with Gasteiger partial charge in [0.2, 0.25) is 0 Å². The van der Waals surface area contributed by atoms with Crippen molar-refractivity contribution in [2.75, 3.05) is 0 Å². The lowest BCUT2D eigenvalue weighted by Gasteiger charge is -2.29. The number of aryl methyl sites for hydroxylation is 3. The van der Waals surface area contributed by atoms with Gasteiger partial charge < -0.3 is 0 Å². The van der Waals surface area contributed by atoms with Crippen molar-refractivity contribution in [1.82, 2.24) is 0 Å².